The molecule has 5 nitrogen and oxygen atoms in total. The summed E-state index contributed by atoms with van der Waals surface area (Å²) in [5.74, 6) is 5.43. The summed E-state index contributed by atoms with van der Waals surface area (Å²) in [5.41, 5.74) is 6.33. The second kappa shape index (κ2) is 7.04. The summed E-state index contributed by atoms with van der Waals surface area (Å²) >= 11 is 0. The first-order valence-corrected chi connectivity index (χ1v) is 6.47. The molecule has 1 heterocycles. The lowest BCUT2D eigenvalue weighted by Gasteiger charge is -2.32. The van der Waals surface area contributed by atoms with Gasteiger partial charge in [0.2, 0.25) is 0 Å². The predicted octanol–water partition coefficient (Wildman–Crippen LogP) is 0.462. The van der Waals surface area contributed by atoms with Gasteiger partial charge in [-0.1, -0.05) is 11.8 Å². The van der Waals surface area contributed by atoms with Gasteiger partial charge in [0.15, 0.2) is 0 Å². The molecule has 20 heavy (non-hydrogen) atoms. The normalized spacial score (nSPS) is 10.9. The zero-order valence-corrected chi connectivity index (χ0v) is 12.5. The Bertz CT molecular complexity index is 509. The van der Waals surface area contributed by atoms with Crippen LogP contribution in [-0.2, 0) is 0 Å². The van der Waals surface area contributed by atoms with Gasteiger partial charge >= 0.3 is 0 Å². The molecule has 0 aromatic carbocycles. The van der Waals surface area contributed by atoms with Crippen molar-refractivity contribution in [2.75, 3.05) is 27.2 Å². The standard InChI is InChI=1S/C15H22N4O/c1-15(2,19(3)4)11-18-14(20)13-8-7-12(10-17-13)6-5-9-16/h7-8,10H,9,11,16H2,1-4H3,(H,18,20). The van der Waals surface area contributed by atoms with E-state index in [4.69, 9.17) is 5.73 Å². The van der Waals surface area contributed by atoms with E-state index in [0.29, 0.717) is 18.8 Å². The highest BCUT2D eigenvalue weighted by atomic mass is 16.1. The summed E-state index contributed by atoms with van der Waals surface area (Å²) in [4.78, 5) is 18.2. The Balaban J connectivity index is 2.65. The van der Waals surface area contributed by atoms with Gasteiger partial charge in [0.1, 0.15) is 5.69 Å². The molecular formula is C15H22N4O. The van der Waals surface area contributed by atoms with Gasteiger partial charge in [-0.05, 0) is 40.1 Å². The van der Waals surface area contributed by atoms with Gasteiger partial charge in [-0.15, -0.1) is 0 Å². The average molecular weight is 274 g/mol. The number of nitrogens with zero attached hydrogens (tertiary/aromatic N) is 2. The first-order chi connectivity index (χ1) is 9.36. The molecule has 108 valence electrons. The zero-order chi connectivity index (χ0) is 15.2. The van der Waals surface area contributed by atoms with Crippen molar-refractivity contribution >= 4 is 5.91 Å². The largest absolute Gasteiger partial charge is 0.349 e. The van der Waals surface area contributed by atoms with Gasteiger partial charge in [0, 0.05) is 23.8 Å². The zero-order valence-electron chi connectivity index (χ0n) is 12.5. The Morgan fingerprint density at radius 2 is 2.15 bits per heavy atom. The third-order valence-corrected chi connectivity index (χ3v) is 3.22. The number of amides is 1. The van der Waals surface area contributed by atoms with Gasteiger partial charge in [-0.25, -0.2) is 4.98 Å². The number of hydrogen-bond donors (Lipinski definition) is 2. The number of nitrogens with two attached hydrogens (primary N) is 1. The number of hydrogen-bond acceptors (Lipinski definition) is 4. The molecule has 0 atom stereocenters. The van der Waals surface area contributed by atoms with Gasteiger partial charge in [0.25, 0.3) is 5.91 Å². The van der Waals surface area contributed by atoms with Crippen LogP contribution in [0, 0.1) is 11.8 Å². The van der Waals surface area contributed by atoms with Crippen LogP contribution in [0.1, 0.15) is 29.9 Å². The number of likely N-dealkylation sites (N-methyl/N-ethyl adjacent to an activating group) is 1. The minimum Gasteiger partial charge on any atom is -0.349 e. The van der Waals surface area contributed by atoms with Crippen LogP contribution in [0.15, 0.2) is 18.3 Å². The molecular weight excluding hydrogens is 252 g/mol. The molecule has 1 amide bonds. The van der Waals surface area contributed by atoms with Crippen molar-refractivity contribution in [2.24, 2.45) is 5.73 Å². The molecule has 0 radical (unpaired) electrons. The topological polar surface area (TPSA) is 71.2 Å². The molecule has 3 N–H and O–H groups in total. The van der Waals surface area contributed by atoms with Gasteiger partial charge in [-0.2, -0.15) is 0 Å². The first kappa shape index (κ1) is 16.2. The fourth-order valence-corrected chi connectivity index (χ4v) is 1.30. The van der Waals surface area contributed by atoms with E-state index in [2.05, 4.69) is 40.9 Å². The molecule has 1 aromatic rings. The van der Waals surface area contributed by atoms with Crippen molar-refractivity contribution in [1.29, 1.82) is 0 Å². The molecule has 1 rings (SSSR count). The second-order valence-electron chi connectivity index (χ2n) is 5.33. The minimum absolute atomic E-state index is 0.109. The van der Waals surface area contributed by atoms with E-state index in [-0.39, 0.29) is 11.4 Å². The first-order valence-electron chi connectivity index (χ1n) is 6.47. The van der Waals surface area contributed by atoms with Gasteiger partial charge < -0.3 is 16.0 Å². The molecule has 0 aliphatic heterocycles. The molecule has 0 fully saturated rings. The van der Waals surface area contributed by atoms with Crippen LogP contribution in [0.4, 0.5) is 0 Å². The fraction of sp³-hybridized carbons (Fsp3) is 0.467. The predicted molar refractivity (Wildman–Crippen MR) is 80.3 cm³/mol. The van der Waals surface area contributed by atoms with E-state index < -0.39 is 0 Å². The number of carbonyl (C=O) groups is 1. The number of carbonyl (C=O) groups excluding carboxylic acids is 1. The molecule has 0 bridgehead atoms. The highest BCUT2D eigenvalue weighted by Gasteiger charge is 2.21. The summed E-state index contributed by atoms with van der Waals surface area (Å²) in [6, 6.07) is 3.43. The summed E-state index contributed by atoms with van der Waals surface area (Å²) in [5, 5.41) is 2.88. The lowest BCUT2D eigenvalue weighted by molar-refractivity contribution is 0.0915. The van der Waals surface area contributed by atoms with Crippen molar-refractivity contribution in [3.63, 3.8) is 0 Å². The summed E-state index contributed by atoms with van der Waals surface area (Å²) < 4.78 is 0. The van der Waals surface area contributed by atoms with Crippen molar-refractivity contribution in [1.82, 2.24) is 15.2 Å². The lowest BCUT2D eigenvalue weighted by atomic mass is 10.0. The fourth-order valence-electron chi connectivity index (χ4n) is 1.30. The van der Waals surface area contributed by atoms with E-state index in [0.717, 1.165) is 5.56 Å². The van der Waals surface area contributed by atoms with E-state index in [1.54, 1.807) is 18.3 Å². The van der Waals surface area contributed by atoms with Crippen molar-refractivity contribution in [3.8, 4) is 11.8 Å². The molecule has 5 heteroatoms. The van der Waals surface area contributed by atoms with Crippen molar-refractivity contribution in [2.45, 2.75) is 19.4 Å². The van der Waals surface area contributed by atoms with Crippen molar-refractivity contribution < 1.29 is 4.79 Å². The summed E-state index contributed by atoms with van der Waals surface area (Å²) in [6.45, 7) is 4.98. The molecule has 0 unspecified atom stereocenters. The van der Waals surface area contributed by atoms with E-state index in [9.17, 15) is 4.79 Å². The summed E-state index contributed by atoms with van der Waals surface area (Å²) in [6.07, 6.45) is 1.58. The molecule has 0 spiro atoms. The van der Waals surface area contributed by atoms with E-state index in [1.807, 2.05) is 14.1 Å². The smallest absolute Gasteiger partial charge is 0.269 e. The Hall–Kier alpha value is -1.90. The third-order valence-electron chi connectivity index (χ3n) is 3.22. The van der Waals surface area contributed by atoms with Crippen LogP contribution in [0.3, 0.4) is 0 Å². The number of pyridine rings is 1. The third kappa shape index (κ3) is 4.65. The van der Waals surface area contributed by atoms with Crippen LogP contribution in [-0.4, -0.2) is 48.5 Å². The molecule has 0 aliphatic rings. The molecule has 0 aliphatic carbocycles. The Kier molecular flexibility index (Phi) is 5.68. The Morgan fingerprint density at radius 1 is 1.45 bits per heavy atom. The Labute approximate surface area is 120 Å². The van der Waals surface area contributed by atoms with Crippen LogP contribution in [0.5, 0.6) is 0 Å². The maximum atomic E-state index is 12.0. The average Bonchev–Trinajstić information content (AvgIpc) is 2.43. The van der Waals surface area contributed by atoms with Gasteiger partial charge in [0.05, 0.1) is 6.54 Å². The van der Waals surface area contributed by atoms with Crippen LogP contribution in [0.2, 0.25) is 0 Å². The number of rotatable bonds is 4. The highest BCUT2D eigenvalue weighted by Crippen LogP contribution is 2.08. The van der Waals surface area contributed by atoms with Crippen molar-refractivity contribution in [3.05, 3.63) is 29.6 Å². The maximum absolute atomic E-state index is 12.0. The van der Waals surface area contributed by atoms with Gasteiger partial charge in [-0.3, -0.25) is 4.79 Å². The molecule has 1 aromatic heterocycles. The number of nitrogens with one attached hydrogen (secondary N) is 1. The maximum Gasteiger partial charge on any atom is 0.269 e. The SMILES string of the molecule is CN(C)C(C)(C)CNC(=O)c1ccc(C#CCN)cn1. The van der Waals surface area contributed by atoms with E-state index >= 15 is 0 Å². The highest BCUT2D eigenvalue weighted by molar-refractivity contribution is 5.92. The Morgan fingerprint density at radius 3 is 2.65 bits per heavy atom. The summed E-state index contributed by atoms with van der Waals surface area (Å²) in [7, 11) is 3.96. The van der Waals surface area contributed by atoms with Crippen LogP contribution >= 0.6 is 0 Å². The monoisotopic (exact) mass is 274 g/mol. The van der Waals surface area contributed by atoms with Crippen LogP contribution < -0.4 is 11.1 Å². The lowest BCUT2D eigenvalue weighted by Crippen LogP contribution is -2.48. The quantitative estimate of drug-likeness (QED) is 0.783. The number of aromatic nitrogens is 1. The minimum atomic E-state index is -0.182. The molecule has 0 saturated carbocycles. The second-order valence-corrected chi connectivity index (χ2v) is 5.33. The van der Waals surface area contributed by atoms with Crippen LogP contribution in [0.25, 0.3) is 0 Å². The molecule has 0 saturated heterocycles. The van der Waals surface area contributed by atoms with E-state index in [1.165, 1.54) is 0 Å².